The molecule has 2 aromatic rings. The largest absolute Gasteiger partial charge is 0.372 e. The van der Waals surface area contributed by atoms with E-state index in [9.17, 15) is 13.6 Å². The van der Waals surface area contributed by atoms with Crippen LogP contribution in [0.5, 0.6) is 0 Å². The predicted octanol–water partition coefficient (Wildman–Crippen LogP) is 4.69. The molecule has 1 N–H and O–H groups in total. The molecule has 0 bridgehead atoms. The molecule has 0 aromatic heterocycles. The molecule has 0 radical (unpaired) electrons. The minimum Gasteiger partial charge on any atom is -0.372 e. The number of carbonyl (C=O) groups is 1. The molecule has 25 heavy (non-hydrogen) atoms. The fraction of sp³-hybridized carbons (Fsp3) is 0.316. The standard InChI is InChI=1S/C19H20F2N2OS/c20-17-9-8-16(12-18(17)21)25-13-19(24)22-14-4-6-15(7-5-14)23-10-2-1-3-11-23/h4-9,12H,1-3,10-11,13H2,(H,22,24). The maximum atomic E-state index is 13.1. The van der Waals surface area contributed by atoms with Crippen molar-refractivity contribution in [3.05, 3.63) is 54.1 Å². The molecule has 0 aliphatic carbocycles. The van der Waals surface area contributed by atoms with Crippen molar-refractivity contribution in [1.29, 1.82) is 0 Å². The molecule has 3 nitrogen and oxygen atoms in total. The summed E-state index contributed by atoms with van der Waals surface area (Å²) < 4.78 is 26.0. The Kier molecular flexibility index (Phi) is 5.91. The lowest BCUT2D eigenvalue weighted by molar-refractivity contribution is -0.113. The third-order valence-electron chi connectivity index (χ3n) is 4.13. The third-order valence-corrected chi connectivity index (χ3v) is 5.13. The first-order chi connectivity index (χ1) is 12.1. The van der Waals surface area contributed by atoms with Gasteiger partial charge in [0.15, 0.2) is 11.6 Å². The summed E-state index contributed by atoms with van der Waals surface area (Å²) in [6, 6.07) is 11.4. The summed E-state index contributed by atoms with van der Waals surface area (Å²) >= 11 is 1.17. The van der Waals surface area contributed by atoms with Crippen molar-refractivity contribution >= 4 is 29.0 Å². The van der Waals surface area contributed by atoms with Crippen molar-refractivity contribution in [2.24, 2.45) is 0 Å². The van der Waals surface area contributed by atoms with Crippen LogP contribution in [0.25, 0.3) is 0 Å². The molecule has 2 aromatic carbocycles. The van der Waals surface area contributed by atoms with Gasteiger partial charge < -0.3 is 10.2 Å². The van der Waals surface area contributed by atoms with E-state index < -0.39 is 11.6 Å². The van der Waals surface area contributed by atoms with E-state index in [4.69, 9.17) is 0 Å². The fourth-order valence-corrected chi connectivity index (χ4v) is 3.54. The van der Waals surface area contributed by atoms with Gasteiger partial charge in [0.1, 0.15) is 0 Å². The quantitative estimate of drug-likeness (QED) is 0.784. The van der Waals surface area contributed by atoms with Gasteiger partial charge in [-0.2, -0.15) is 0 Å². The van der Waals surface area contributed by atoms with E-state index in [0.717, 1.165) is 30.9 Å². The highest BCUT2D eigenvalue weighted by Gasteiger charge is 2.11. The van der Waals surface area contributed by atoms with E-state index in [1.54, 1.807) is 0 Å². The number of nitrogens with one attached hydrogen (secondary N) is 1. The Morgan fingerprint density at radius 2 is 1.72 bits per heavy atom. The van der Waals surface area contributed by atoms with Crippen LogP contribution in [-0.2, 0) is 4.79 Å². The Balaban J connectivity index is 1.51. The Labute approximate surface area is 150 Å². The van der Waals surface area contributed by atoms with Gasteiger partial charge in [0.2, 0.25) is 5.91 Å². The average molecular weight is 362 g/mol. The Bertz CT molecular complexity index is 731. The molecule has 6 heteroatoms. The van der Waals surface area contributed by atoms with E-state index in [2.05, 4.69) is 10.2 Å². The van der Waals surface area contributed by atoms with E-state index in [1.807, 2.05) is 24.3 Å². The number of carbonyl (C=O) groups excluding carboxylic acids is 1. The number of hydrogen-bond acceptors (Lipinski definition) is 3. The van der Waals surface area contributed by atoms with Gasteiger partial charge in [-0.15, -0.1) is 11.8 Å². The molecule has 132 valence electrons. The smallest absolute Gasteiger partial charge is 0.234 e. The van der Waals surface area contributed by atoms with Crippen molar-refractivity contribution in [1.82, 2.24) is 0 Å². The molecular formula is C19H20F2N2OS. The summed E-state index contributed by atoms with van der Waals surface area (Å²) in [4.78, 5) is 14.9. The Morgan fingerprint density at radius 3 is 2.40 bits per heavy atom. The number of amides is 1. The minimum absolute atomic E-state index is 0.138. The SMILES string of the molecule is O=C(CSc1ccc(F)c(F)c1)Nc1ccc(N2CCCCC2)cc1. The highest BCUT2D eigenvalue weighted by atomic mass is 32.2. The average Bonchev–Trinajstić information content (AvgIpc) is 2.64. The van der Waals surface area contributed by atoms with Crippen molar-refractivity contribution in [2.75, 3.05) is 29.1 Å². The molecule has 0 atom stereocenters. The van der Waals surface area contributed by atoms with Crippen molar-refractivity contribution in [3.8, 4) is 0 Å². The molecule has 1 heterocycles. The van der Waals surface area contributed by atoms with Crippen LogP contribution in [0.15, 0.2) is 47.4 Å². The van der Waals surface area contributed by atoms with Crippen LogP contribution < -0.4 is 10.2 Å². The zero-order valence-corrected chi connectivity index (χ0v) is 14.6. The summed E-state index contributed by atoms with van der Waals surface area (Å²) in [5.41, 5.74) is 1.91. The normalized spacial score (nSPS) is 14.4. The summed E-state index contributed by atoms with van der Waals surface area (Å²) in [5, 5.41) is 2.82. The monoisotopic (exact) mass is 362 g/mol. The first-order valence-electron chi connectivity index (χ1n) is 8.34. The number of rotatable bonds is 5. The molecule has 3 rings (SSSR count). The van der Waals surface area contributed by atoms with Crippen molar-refractivity contribution < 1.29 is 13.6 Å². The number of halogens is 2. The third kappa shape index (κ3) is 4.95. The highest BCUT2D eigenvalue weighted by molar-refractivity contribution is 8.00. The molecule has 0 unspecified atom stereocenters. The summed E-state index contributed by atoms with van der Waals surface area (Å²) in [7, 11) is 0. The Morgan fingerprint density at radius 1 is 1.00 bits per heavy atom. The highest BCUT2D eigenvalue weighted by Crippen LogP contribution is 2.23. The number of nitrogens with zero attached hydrogens (tertiary/aromatic N) is 1. The first kappa shape index (κ1) is 17.7. The summed E-state index contributed by atoms with van der Waals surface area (Å²) in [6.45, 7) is 2.16. The van der Waals surface area contributed by atoms with Crippen LogP contribution in [0, 0.1) is 11.6 Å². The summed E-state index contributed by atoms with van der Waals surface area (Å²) in [5.74, 6) is -1.83. The van der Waals surface area contributed by atoms with Gasteiger partial charge in [0.25, 0.3) is 0 Å². The molecule has 1 fully saturated rings. The molecule has 0 spiro atoms. The topological polar surface area (TPSA) is 32.3 Å². The maximum absolute atomic E-state index is 13.1. The lowest BCUT2D eigenvalue weighted by Gasteiger charge is -2.28. The second kappa shape index (κ2) is 8.34. The zero-order valence-electron chi connectivity index (χ0n) is 13.8. The van der Waals surface area contributed by atoms with Crippen LogP contribution >= 0.6 is 11.8 Å². The summed E-state index contributed by atoms with van der Waals surface area (Å²) in [6.07, 6.45) is 3.74. The van der Waals surface area contributed by atoms with Gasteiger partial charge in [0.05, 0.1) is 5.75 Å². The minimum atomic E-state index is -0.904. The van der Waals surface area contributed by atoms with E-state index in [1.165, 1.54) is 42.8 Å². The maximum Gasteiger partial charge on any atom is 0.234 e. The van der Waals surface area contributed by atoms with Crippen molar-refractivity contribution in [3.63, 3.8) is 0 Å². The van der Waals surface area contributed by atoms with Gasteiger partial charge in [-0.25, -0.2) is 8.78 Å². The van der Waals surface area contributed by atoms with Crippen LogP contribution in [0.4, 0.5) is 20.2 Å². The molecule has 1 aliphatic heterocycles. The Hall–Kier alpha value is -2.08. The fourth-order valence-electron chi connectivity index (χ4n) is 2.82. The molecule has 1 saturated heterocycles. The molecular weight excluding hydrogens is 342 g/mol. The van der Waals surface area contributed by atoms with Gasteiger partial charge in [-0.3, -0.25) is 4.79 Å². The van der Waals surface area contributed by atoms with Crippen molar-refractivity contribution in [2.45, 2.75) is 24.2 Å². The predicted molar refractivity (Wildman–Crippen MR) is 98.2 cm³/mol. The first-order valence-corrected chi connectivity index (χ1v) is 9.33. The van der Waals surface area contributed by atoms with Gasteiger partial charge in [-0.05, 0) is 61.7 Å². The van der Waals surface area contributed by atoms with Crippen LogP contribution in [0.3, 0.4) is 0 Å². The second-order valence-electron chi connectivity index (χ2n) is 6.01. The van der Waals surface area contributed by atoms with Crippen LogP contribution in [-0.4, -0.2) is 24.7 Å². The van der Waals surface area contributed by atoms with E-state index in [-0.39, 0.29) is 11.7 Å². The van der Waals surface area contributed by atoms with E-state index >= 15 is 0 Å². The van der Waals surface area contributed by atoms with Gasteiger partial charge in [-0.1, -0.05) is 0 Å². The number of thioether (sulfide) groups is 1. The van der Waals surface area contributed by atoms with E-state index in [0.29, 0.717) is 4.90 Å². The van der Waals surface area contributed by atoms with Crippen LogP contribution in [0.1, 0.15) is 19.3 Å². The number of hydrogen-bond donors (Lipinski definition) is 1. The van der Waals surface area contributed by atoms with Gasteiger partial charge >= 0.3 is 0 Å². The van der Waals surface area contributed by atoms with Gasteiger partial charge in [0, 0.05) is 29.4 Å². The molecule has 1 amide bonds. The second-order valence-corrected chi connectivity index (χ2v) is 7.06. The molecule has 1 aliphatic rings. The van der Waals surface area contributed by atoms with Crippen LogP contribution in [0.2, 0.25) is 0 Å². The number of anilines is 2. The lowest BCUT2D eigenvalue weighted by Crippen LogP contribution is -2.29. The number of piperidine rings is 1. The lowest BCUT2D eigenvalue weighted by atomic mass is 10.1. The zero-order chi connectivity index (χ0) is 17.6. The number of benzene rings is 2. The molecule has 0 saturated carbocycles.